The van der Waals surface area contributed by atoms with Crippen molar-refractivity contribution in [1.82, 2.24) is 20.0 Å². The first kappa shape index (κ1) is 19.5. The average molecular weight is 374 g/mol. The van der Waals surface area contributed by atoms with Gasteiger partial charge in [-0.15, -0.1) is 0 Å². The molecular formula is C20H30N4O3. The van der Waals surface area contributed by atoms with E-state index < -0.39 is 0 Å². The van der Waals surface area contributed by atoms with Crippen molar-refractivity contribution in [3.63, 3.8) is 0 Å². The van der Waals surface area contributed by atoms with Crippen LogP contribution in [-0.4, -0.2) is 85.1 Å². The predicted molar refractivity (Wildman–Crippen MR) is 104 cm³/mol. The molecule has 1 N–H and O–H groups in total. The summed E-state index contributed by atoms with van der Waals surface area (Å²) in [5.41, 5.74) is 0. The van der Waals surface area contributed by atoms with Crippen molar-refractivity contribution in [2.24, 2.45) is 0 Å². The lowest BCUT2D eigenvalue weighted by atomic mass is 9.98. The van der Waals surface area contributed by atoms with Crippen LogP contribution in [0.2, 0.25) is 0 Å². The SMILES string of the molecule is CCNC(=O)N(C1CCN(C)CC1)C1CN(C(=O)COc2ccccc2)C1. The van der Waals surface area contributed by atoms with Gasteiger partial charge in [0.2, 0.25) is 0 Å². The molecule has 2 aliphatic rings. The molecule has 27 heavy (non-hydrogen) atoms. The van der Waals surface area contributed by atoms with Gasteiger partial charge in [0.15, 0.2) is 6.61 Å². The largest absolute Gasteiger partial charge is 0.484 e. The maximum absolute atomic E-state index is 12.6. The van der Waals surface area contributed by atoms with E-state index in [4.69, 9.17) is 4.74 Å². The number of rotatable bonds is 6. The molecule has 7 nitrogen and oxygen atoms in total. The van der Waals surface area contributed by atoms with Crippen LogP contribution in [0.25, 0.3) is 0 Å². The van der Waals surface area contributed by atoms with E-state index >= 15 is 0 Å². The molecule has 2 heterocycles. The predicted octanol–water partition coefficient (Wildman–Crippen LogP) is 1.40. The van der Waals surface area contributed by atoms with Gasteiger partial charge in [0, 0.05) is 25.7 Å². The van der Waals surface area contributed by atoms with E-state index in [1.165, 1.54) is 0 Å². The van der Waals surface area contributed by atoms with Crippen molar-refractivity contribution >= 4 is 11.9 Å². The minimum Gasteiger partial charge on any atom is -0.484 e. The second-order valence-electron chi connectivity index (χ2n) is 7.33. The fraction of sp³-hybridized carbons (Fsp3) is 0.600. The lowest BCUT2D eigenvalue weighted by Gasteiger charge is -2.49. The third-order valence-corrected chi connectivity index (χ3v) is 5.36. The Hall–Kier alpha value is -2.28. The van der Waals surface area contributed by atoms with Gasteiger partial charge in [-0.05, 0) is 52.0 Å². The fourth-order valence-electron chi connectivity index (χ4n) is 3.73. The number of carbonyl (C=O) groups is 2. The van der Waals surface area contributed by atoms with E-state index in [0.717, 1.165) is 25.9 Å². The number of nitrogens with zero attached hydrogens (tertiary/aromatic N) is 3. The average Bonchev–Trinajstić information content (AvgIpc) is 2.64. The molecule has 0 aromatic heterocycles. The second kappa shape index (κ2) is 9.08. The maximum Gasteiger partial charge on any atom is 0.318 e. The van der Waals surface area contributed by atoms with Crippen molar-refractivity contribution in [3.8, 4) is 5.75 Å². The number of ether oxygens (including phenoxy) is 1. The highest BCUT2D eigenvalue weighted by Gasteiger charge is 2.40. The Morgan fingerprint density at radius 2 is 1.81 bits per heavy atom. The molecule has 2 aliphatic heterocycles. The van der Waals surface area contributed by atoms with Crippen LogP contribution in [-0.2, 0) is 4.79 Å². The Kier molecular flexibility index (Phi) is 6.55. The molecule has 0 radical (unpaired) electrons. The van der Waals surface area contributed by atoms with Gasteiger partial charge < -0.3 is 24.8 Å². The standard InChI is InChI=1S/C20H30N4O3/c1-3-21-20(26)24(16-9-11-22(2)12-10-16)17-13-23(14-17)19(25)15-27-18-7-5-4-6-8-18/h4-8,16-17H,3,9-15H2,1-2H3,(H,21,26). The van der Waals surface area contributed by atoms with Gasteiger partial charge in [-0.2, -0.15) is 0 Å². The van der Waals surface area contributed by atoms with Gasteiger partial charge in [0.05, 0.1) is 6.04 Å². The Morgan fingerprint density at radius 1 is 1.15 bits per heavy atom. The van der Waals surface area contributed by atoms with Crippen molar-refractivity contribution in [1.29, 1.82) is 0 Å². The zero-order valence-corrected chi connectivity index (χ0v) is 16.3. The van der Waals surface area contributed by atoms with Gasteiger partial charge in [0.25, 0.3) is 5.91 Å². The summed E-state index contributed by atoms with van der Waals surface area (Å²) in [6, 6.07) is 9.67. The van der Waals surface area contributed by atoms with E-state index in [2.05, 4.69) is 17.3 Å². The highest BCUT2D eigenvalue weighted by atomic mass is 16.5. The number of hydrogen-bond acceptors (Lipinski definition) is 4. The number of hydrogen-bond donors (Lipinski definition) is 1. The van der Waals surface area contributed by atoms with Crippen molar-refractivity contribution in [2.75, 3.05) is 46.4 Å². The first-order chi connectivity index (χ1) is 13.1. The lowest BCUT2D eigenvalue weighted by molar-refractivity contribution is -0.140. The number of para-hydroxylation sites is 1. The van der Waals surface area contributed by atoms with E-state index in [-0.39, 0.29) is 30.6 Å². The summed E-state index contributed by atoms with van der Waals surface area (Å²) in [5.74, 6) is 0.660. The molecule has 7 heteroatoms. The van der Waals surface area contributed by atoms with Gasteiger partial charge >= 0.3 is 6.03 Å². The van der Waals surface area contributed by atoms with Crippen LogP contribution < -0.4 is 10.1 Å². The smallest absolute Gasteiger partial charge is 0.318 e. The summed E-state index contributed by atoms with van der Waals surface area (Å²) in [6.45, 7) is 5.75. The van der Waals surface area contributed by atoms with Gasteiger partial charge in [-0.25, -0.2) is 4.79 Å². The molecule has 0 spiro atoms. The molecule has 0 aliphatic carbocycles. The molecular weight excluding hydrogens is 344 g/mol. The topological polar surface area (TPSA) is 65.1 Å². The number of benzene rings is 1. The molecule has 3 amide bonds. The second-order valence-corrected chi connectivity index (χ2v) is 7.33. The summed E-state index contributed by atoms with van der Waals surface area (Å²) in [6.07, 6.45) is 1.96. The summed E-state index contributed by atoms with van der Waals surface area (Å²) >= 11 is 0. The number of amides is 3. The number of urea groups is 1. The van der Waals surface area contributed by atoms with Crippen LogP contribution in [0.4, 0.5) is 4.79 Å². The Balaban J connectivity index is 1.52. The maximum atomic E-state index is 12.6. The molecule has 0 unspecified atom stereocenters. The summed E-state index contributed by atoms with van der Waals surface area (Å²) in [4.78, 5) is 31.0. The normalized spacial score (nSPS) is 18.7. The van der Waals surface area contributed by atoms with Gasteiger partial charge in [-0.1, -0.05) is 18.2 Å². The van der Waals surface area contributed by atoms with Crippen molar-refractivity contribution < 1.29 is 14.3 Å². The third-order valence-electron chi connectivity index (χ3n) is 5.36. The number of carbonyl (C=O) groups excluding carboxylic acids is 2. The van der Waals surface area contributed by atoms with Crippen molar-refractivity contribution in [2.45, 2.75) is 31.8 Å². The number of nitrogens with one attached hydrogen (secondary N) is 1. The molecule has 148 valence electrons. The first-order valence-corrected chi connectivity index (χ1v) is 9.78. The molecule has 1 aromatic rings. The molecule has 0 saturated carbocycles. The van der Waals surface area contributed by atoms with Crippen LogP contribution >= 0.6 is 0 Å². The summed E-state index contributed by atoms with van der Waals surface area (Å²) in [7, 11) is 2.11. The lowest BCUT2D eigenvalue weighted by Crippen LogP contribution is -2.67. The van der Waals surface area contributed by atoms with E-state index in [0.29, 0.717) is 25.4 Å². The zero-order valence-electron chi connectivity index (χ0n) is 16.3. The third kappa shape index (κ3) is 4.91. The monoisotopic (exact) mass is 374 g/mol. The quantitative estimate of drug-likeness (QED) is 0.818. The van der Waals surface area contributed by atoms with E-state index in [1.807, 2.05) is 42.2 Å². The summed E-state index contributed by atoms with van der Waals surface area (Å²) in [5, 5.41) is 2.94. The highest BCUT2D eigenvalue weighted by Crippen LogP contribution is 2.24. The minimum absolute atomic E-state index is 0.00955. The Labute approximate surface area is 161 Å². The van der Waals surface area contributed by atoms with E-state index in [9.17, 15) is 9.59 Å². The molecule has 3 rings (SSSR count). The van der Waals surface area contributed by atoms with Crippen molar-refractivity contribution in [3.05, 3.63) is 30.3 Å². The van der Waals surface area contributed by atoms with Crippen LogP contribution in [0.3, 0.4) is 0 Å². The van der Waals surface area contributed by atoms with Gasteiger partial charge in [0.1, 0.15) is 5.75 Å². The van der Waals surface area contributed by atoms with Crippen LogP contribution in [0.15, 0.2) is 30.3 Å². The van der Waals surface area contributed by atoms with Crippen LogP contribution in [0.5, 0.6) is 5.75 Å². The van der Waals surface area contributed by atoms with E-state index in [1.54, 1.807) is 4.90 Å². The number of likely N-dealkylation sites (tertiary alicyclic amines) is 2. The molecule has 2 saturated heterocycles. The Bertz CT molecular complexity index is 625. The highest BCUT2D eigenvalue weighted by molar-refractivity contribution is 5.80. The van der Waals surface area contributed by atoms with Gasteiger partial charge in [-0.3, -0.25) is 4.79 Å². The van der Waals surface area contributed by atoms with Crippen LogP contribution in [0.1, 0.15) is 19.8 Å². The molecule has 0 bridgehead atoms. The number of piperidine rings is 1. The molecule has 1 aromatic carbocycles. The molecule has 2 fully saturated rings. The summed E-state index contributed by atoms with van der Waals surface area (Å²) < 4.78 is 5.54. The first-order valence-electron chi connectivity index (χ1n) is 9.78. The zero-order chi connectivity index (χ0) is 19.2. The Morgan fingerprint density at radius 3 is 2.44 bits per heavy atom. The van der Waals surface area contributed by atoms with Crippen LogP contribution in [0, 0.1) is 0 Å². The molecule has 0 atom stereocenters. The minimum atomic E-state index is -0.0330. The fourth-order valence-corrected chi connectivity index (χ4v) is 3.73.